The molecule has 10 nitrogen and oxygen atoms in total. The van der Waals surface area contributed by atoms with Gasteiger partial charge in [0.05, 0.1) is 10.3 Å². The maximum atomic E-state index is 12.7. The Morgan fingerprint density at radius 2 is 2.19 bits per heavy atom. The van der Waals surface area contributed by atoms with E-state index in [0.717, 1.165) is 33.3 Å². The van der Waals surface area contributed by atoms with Crippen LogP contribution in [0.1, 0.15) is 34.5 Å². The van der Waals surface area contributed by atoms with E-state index in [1.54, 1.807) is 13.0 Å². The number of nitrogens with zero attached hydrogens (tertiary/aromatic N) is 5. The maximum absolute atomic E-state index is 12.7. The zero-order chi connectivity index (χ0) is 19.0. The van der Waals surface area contributed by atoms with Gasteiger partial charge in [0.1, 0.15) is 16.9 Å². The molecule has 136 valence electrons. The van der Waals surface area contributed by atoms with Crippen LogP contribution in [0.3, 0.4) is 0 Å². The van der Waals surface area contributed by atoms with Gasteiger partial charge in [-0.3, -0.25) is 29.8 Å². The summed E-state index contributed by atoms with van der Waals surface area (Å²) in [6.45, 7) is 3.63. The number of rotatable bonds is 5. The monoisotopic (exact) mass is 376 g/mol. The van der Waals surface area contributed by atoms with Crippen LogP contribution in [0.15, 0.2) is 17.1 Å². The minimum absolute atomic E-state index is 0.251. The Morgan fingerprint density at radius 3 is 2.85 bits per heavy atom. The fourth-order valence-corrected chi connectivity index (χ4v) is 3.78. The summed E-state index contributed by atoms with van der Waals surface area (Å²) in [5, 5.41) is 15.2. The van der Waals surface area contributed by atoms with Crippen molar-refractivity contribution in [3.8, 4) is 0 Å². The van der Waals surface area contributed by atoms with E-state index in [9.17, 15) is 19.7 Å². The number of hydrogen-bond acceptors (Lipinski definition) is 7. The molecule has 3 aromatic heterocycles. The summed E-state index contributed by atoms with van der Waals surface area (Å²) in [4.78, 5) is 41.6. The zero-order valence-electron chi connectivity index (χ0n) is 14.3. The molecule has 0 saturated carbocycles. The number of nitrogens with one attached hydrogen (secondary N) is 1. The van der Waals surface area contributed by atoms with Crippen molar-refractivity contribution < 1.29 is 9.72 Å². The minimum atomic E-state index is -0.813. The maximum Gasteiger partial charge on any atom is 0.320 e. The predicted molar refractivity (Wildman–Crippen MR) is 96.2 cm³/mol. The van der Waals surface area contributed by atoms with Gasteiger partial charge in [0.2, 0.25) is 5.69 Å². The lowest BCUT2D eigenvalue weighted by Gasteiger charge is -2.10. The minimum Gasteiger partial charge on any atom is -0.267 e. The molecule has 1 N–H and O–H groups in total. The first-order chi connectivity index (χ1) is 12.3. The lowest BCUT2D eigenvalue weighted by molar-refractivity contribution is -0.385. The van der Waals surface area contributed by atoms with E-state index in [4.69, 9.17) is 0 Å². The number of thiophene rings is 1. The van der Waals surface area contributed by atoms with E-state index in [1.807, 2.05) is 6.92 Å². The third-order valence-corrected chi connectivity index (χ3v) is 4.91. The number of nitro groups is 1. The van der Waals surface area contributed by atoms with Crippen molar-refractivity contribution in [3.63, 3.8) is 0 Å². The van der Waals surface area contributed by atoms with E-state index < -0.39 is 22.1 Å². The van der Waals surface area contributed by atoms with Crippen LogP contribution in [0.25, 0.3) is 10.2 Å². The second-order valence-electron chi connectivity index (χ2n) is 5.68. The van der Waals surface area contributed by atoms with Crippen molar-refractivity contribution in [1.82, 2.24) is 19.4 Å². The van der Waals surface area contributed by atoms with Crippen LogP contribution >= 0.6 is 11.3 Å². The van der Waals surface area contributed by atoms with Gasteiger partial charge in [0.15, 0.2) is 0 Å². The Labute approximate surface area is 151 Å². The largest absolute Gasteiger partial charge is 0.320 e. The van der Waals surface area contributed by atoms with Crippen LogP contribution in [-0.4, -0.2) is 30.3 Å². The lowest BCUT2D eigenvalue weighted by Crippen LogP contribution is -2.36. The lowest BCUT2D eigenvalue weighted by atomic mass is 10.2. The molecule has 0 aromatic carbocycles. The van der Waals surface area contributed by atoms with Gasteiger partial charge in [0.25, 0.3) is 11.5 Å². The summed E-state index contributed by atoms with van der Waals surface area (Å²) in [7, 11) is 1.41. The van der Waals surface area contributed by atoms with E-state index in [2.05, 4.69) is 15.5 Å². The smallest absolute Gasteiger partial charge is 0.267 e. The highest BCUT2D eigenvalue weighted by Crippen LogP contribution is 2.23. The molecule has 11 heteroatoms. The fraction of sp³-hybridized carbons (Fsp3) is 0.333. The molecule has 26 heavy (non-hydrogen) atoms. The first-order valence-corrected chi connectivity index (χ1v) is 8.65. The van der Waals surface area contributed by atoms with Crippen LogP contribution < -0.4 is 11.0 Å². The summed E-state index contributed by atoms with van der Waals surface area (Å²) in [5.41, 5.74) is 1.28. The van der Waals surface area contributed by atoms with E-state index in [-0.39, 0.29) is 11.5 Å². The third kappa shape index (κ3) is 2.96. The quantitative estimate of drug-likeness (QED) is 0.534. The highest BCUT2D eigenvalue weighted by molar-refractivity contribution is 7.18. The molecule has 0 saturated heterocycles. The van der Waals surface area contributed by atoms with Crippen molar-refractivity contribution >= 4 is 33.1 Å². The van der Waals surface area contributed by atoms with Crippen LogP contribution in [-0.2, 0) is 13.5 Å². The molecule has 0 spiro atoms. The molecule has 0 atom stereocenters. The number of hydrogen-bond donors (Lipinski definition) is 1. The third-order valence-electron chi connectivity index (χ3n) is 3.82. The SMILES string of the molecule is CCCc1cc2c(=O)n(NC(=O)c3c([N+](=O)[O-])cnn3C)c(C)nc2s1. The summed E-state index contributed by atoms with van der Waals surface area (Å²) in [6.07, 6.45) is 2.77. The second kappa shape index (κ2) is 6.67. The summed E-state index contributed by atoms with van der Waals surface area (Å²) in [6, 6.07) is 1.77. The van der Waals surface area contributed by atoms with Crippen LogP contribution in [0.4, 0.5) is 5.69 Å². The van der Waals surface area contributed by atoms with Gasteiger partial charge in [-0.15, -0.1) is 11.3 Å². The van der Waals surface area contributed by atoms with Gasteiger partial charge >= 0.3 is 5.69 Å². The van der Waals surface area contributed by atoms with E-state index >= 15 is 0 Å². The molecule has 3 heterocycles. The van der Waals surface area contributed by atoms with Gasteiger partial charge in [-0.05, 0) is 19.4 Å². The van der Waals surface area contributed by atoms with Gasteiger partial charge < -0.3 is 0 Å². The van der Waals surface area contributed by atoms with Gasteiger partial charge in [-0.2, -0.15) is 5.10 Å². The average molecular weight is 376 g/mol. The average Bonchev–Trinajstić information content (AvgIpc) is 3.15. The molecule has 3 aromatic rings. The molecule has 0 bridgehead atoms. The van der Waals surface area contributed by atoms with Gasteiger partial charge in [-0.1, -0.05) is 13.3 Å². The molecule has 0 aliphatic rings. The van der Waals surface area contributed by atoms with Crippen molar-refractivity contribution in [3.05, 3.63) is 49.1 Å². The Morgan fingerprint density at radius 1 is 1.46 bits per heavy atom. The Hall–Kier alpha value is -3.08. The molecular weight excluding hydrogens is 360 g/mol. The van der Waals surface area contributed by atoms with Crippen LogP contribution in [0.2, 0.25) is 0 Å². The summed E-state index contributed by atoms with van der Waals surface area (Å²) in [5.74, 6) is -0.530. The Kier molecular flexibility index (Phi) is 4.55. The molecule has 0 aliphatic carbocycles. The van der Waals surface area contributed by atoms with Gasteiger partial charge in [-0.25, -0.2) is 9.66 Å². The summed E-state index contributed by atoms with van der Waals surface area (Å²) >= 11 is 1.44. The van der Waals surface area contributed by atoms with Crippen LogP contribution in [0.5, 0.6) is 0 Å². The topological polar surface area (TPSA) is 125 Å². The molecule has 0 fully saturated rings. The molecule has 0 unspecified atom stereocenters. The van der Waals surface area contributed by atoms with Crippen molar-refractivity contribution in [2.24, 2.45) is 7.05 Å². The number of aryl methyl sites for hydroxylation is 3. The van der Waals surface area contributed by atoms with Crippen LogP contribution in [0, 0.1) is 17.0 Å². The molecule has 1 amide bonds. The predicted octanol–water partition coefficient (Wildman–Crippen LogP) is 1.74. The van der Waals surface area contributed by atoms with Crippen molar-refractivity contribution in [2.75, 3.05) is 5.43 Å². The van der Waals surface area contributed by atoms with E-state index in [0.29, 0.717) is 10.2 Å². The first kappa shape index (κ1) is 17.7. The molecule has 0 aliphatic heterocycles. The second-order valence-corrected chi connectivity index (χ2v) is 6.80. The highest BCUT2D eigenvalue weighted by atomic mass is 32.1. The molecule has 3 rings (SSSR count). The number of carbonyl (C=O) groups excluding carboxylic acids is 1. The molecular formula is C15H16N6O4S. The normalized spacial score (nSPS) is 11.0. The standard InChI is InChI=1S/C15H16N6O4S/c1-4-5-9-6-10-14(26-9)17-8(2)20(15(10)23)18-13(22)12-11(21(24)25)7-16-19(12)3/h6-7H,4-5H2,1-3H3,(H,18,22). The number of carbonyl (C=O) groups is 1. The number of amides is 1. The summed E-state index contributed by atoms with van der Waals surface area (Å²) < 4.78 is 2.09. The number of aromatic nitrogens is 4. The van der Waals surface area contributed by atoms with E-state index in [1.165, 1.54) is 18.4 Å². The Bertz CT molecular complexity index is 1080. The van der Waals surface area contributed by atoms with Crippen molar-refractivity contribution in [1.29, 1.82) is 0 Å². The molecule has 0 radical (unpaired) electrons. The first-order valence-electron chi connectivity index (χ1n) is 7.83. The Balaban J connectivity index is 2.04. The van der Waals surface area contributed by atoms with Crippen molar-refractivity contribution in [2.45, 2.75) is 26.7 Å². The van der Waals surface area contributed by atoms with Gasteiger partial charge in [0, 0.05) is 11.9 Å². The number of fused-ring (bicyclic) bond motifs is 1. The fourth-order valence-electron chi connectivity index (χ4n) is 2.61. The highest BCUT2D eigenvalue weighted by Gasteiger charge is 2.26. The zero-order valence-corrected chi connectivity index (χ0v) is 15.2.